The van der Waals surface area contributed by atoms with E-state index in [2.05, 4.69) is 4.74 Å². The molecule has 1 unspecified atom stereocenters. The zero-order valence-electron chi connectivity index (χ0n) is 14.9. The molecule has 0 bridgehead atoms. The van der Waals surface area contributed by atoms with Gasteiger partial charge < -0.3 is 14.0 Å². The van der Waals surface area contributed by atoms with E-state index >= 15 is 0 Å². The van der Waals surface area contributed by atoms with E-state index in [1.165, 1.54) is 26.2 Å². The Morgan fingerprint density at radius 2 is 1.75 bits per heavy atom. The number of carbonyl (C=O) groups excluding carboxylic acids is 1. The van der Waals surface area contributed by atoms with Crippen LogP contribution >= 0.6 is 0 Å². The first-order chi connectivity index (χ1) is 11.0. The minimum Gasteiger partial charge on any atom is -0.469 e. The molecular formula is C17H23BF2O4. The zero-order chi connectivity index (χ0) is 18.3. The first kappa shape index (κ1) is 18.9. The molecule has 0 amide bonds. The summed E-state index contributed by atoms with van der Waals surface area (Å²) in [6.45, 7) is 8.89. The maximum Gasteiger partial charge on any atom is 0.466 e. The molecule has 1 aliphatic rings. The summed E-state index contributed by atoms with van der Waals surface area (Å²) in [6.07, 6.45) is -0.245. The molecule has 0 saturated carbocycles. The summed E-state index contributed by atoms with van der Waals surface area (Å²) in [5, 5.41) is 0. The second kappa shape index (κ2) is 6.45. The summed E-state index contributed by atoms with van der Waals surface area (Å²) in [5.41, 5.74) is -1.28. The van der Waals surface area contributed by atoms with Crippen LogP contribution in [-0.4, -0.2) is 31.4 Å². The van der Waals surface area contributed by atoms with E-state index in [-0.39, 0.29) is 17.5 Å². The molecule has 4 nitrogen and oxygen atoms in total. The summed E-state index contributed by atoms with van der Waals surface area (Å²) < 4.78 is 45.5. The molecule has 132 valence electrons. The Kier molecular flexibility index (Phi) is 5.07. The van der Waals surface area contributed by atoms with Crippen molar-refractivity contribution in [2.24, 2.45) is 0 Å². The molecule has 1 heterocycles. The molecule has 1 aliphatic heterocycles. The molecule has 1 fully saturated rings. The lowest BCUT2D eigenvalue weighted by molar-refractivity contribution is -0.140. The highest BCUT2D eigenvalue weighted by Gasteiger charge is 2.55. The van der Waals surface area contributed by atoms with Crippen molar-refractivity contribution < 1.29 is 27.6 Å². The molecule has 1 atom stereocenters. The Hall–Kier alpha value is -1.47. The summed E-state index contributed by atoms with van der Waals surface area (Å²) >= 11 is 0. The Morgan fingerprint density at radius 3 is 2.25 bits per heavy atom. The van der Waals surface area contributed by atoms with Crippen LogP contribution in [0, 0.1) is 18.6 Å². The average Bonchev–Trinajstić information content (AvgIpc) is 2.70. The number of halogens is 2. The highest BCUT2D eigenvalue weighted by molar-refractivity contribution is 6.48. The van der Waals surface area contributed by atoms with Gasteiger partial charge in [-0.1, -0.05) is 6.07 Å². The van der Waals surface area contributed by atoms with Crippen molar-refractivity contribution in [3.63, 3.8) is 0 Å². The number of esters is 1. The summed E-state index contributed by atoms with van der Waals surface area (Å²) in [5.74, 6) is -2.96. The Balaban J connectivity index is 2.48. The van der Waals surface area contributed by atoms with Gasteiger partial charge in [0.05, 0.1) is 24.7 Å². The van der Waals surface area contributed by atoms with Gasteiger partial charge in [0.25, 0.3) is 0 Å². The maximum atomic E-state index is 14.6. The van der Waals surface area contributed by atoms with Crippen LogP contribution in [0.15, 0.2) is 12.1 Å². The van der Waals surface area contributed by atoms with E-state index in [0.29, 0.717) is 0 Å². The van der Waals surface area contributed by atoms with Crippen molar-refractivity contribution in [3.05, 3.63) is 34.9 Å². The van der Waals surface area contributed by atoms with Gasteiger partial charge in [-0.05, 0) is 46.2 Å². The Labute approximate surface area is 141 Å². The quantitative estimate of drug-likeness (QED) is 0.621. The molecule has 1 saturated heterocycles. The van der Waals surface area contributed by atoms with E-state index in [0.717, 1.165) is 0 Å². The third-order valence-electron chi connectivity index (χ3n) is 4.90. The fourth-order valence-corrected chi connectivity index (χ4v) is 2.67. The minimum atomic E-state index is -0.958. The molecular weight excluding hydrogens is 317 g/mol. The SMILES string of the molecule is COC(=O)CC(B1OC(C)(C)C(C)(C)O1)c1c(F)ccc(C)c1F. The van der Waals surface area contributed by atoms with Crippen molar-refractivity contribution in [2.75, 3.05) is 7.11 Å². The van der Waals surface area contributed by atoms with Crippen molar-refractivity contribution in [1.29, 1.82) is 0 Å². The van der Waals surface area contributed by atoms with Crippen molar-refractivity contribution >= 4 is 13.1 Å². The van der Waals surface area contributed by atoms with Gasteiger partial charge in [0.2, 0.25) is 0 Å². The number of rotatable bonds is 4. The van der Waals surface area contributed by atoms with Gasteiger partial charge in [0.15, 0.2) is 0 Å². The van der Waals surface area contributed by atoms with Crippen LogP contribution in [0.4, 0.5) is 8.78 Å². The Morgan fingerprint density at radius 1 is 1.21 bits per heavy atom. The number of ether oxygens (including phenoxy) is 1. The third kappa shape index (κ3) is 3.33. The van der Waals surface area contributed by atoms with Crippen LogP contribution in [0.3, 0.4) is 0 Å². The van der Waals surface area contributed by atoms with Crippen LogP contribution in [0.1, 0.15) is 51.1 Å². The molecule has 24 heavy (non-hydrogen) atoms. The number of benzene rings is 1. The molecule has 1 aromatic carbocycles. The van der Waals surface area contributed by atoms with Gasteiger partial charge in [-0.3, -0.25) is 4.79 Å². The van der Waals surface area contributed by atoms with Crippen molar-refractivity contribution in [2.45, 2.75) is 58.1 Å². The van der Waals surface area contributed by atoms with Crippen LogP contribution in [0.2, 0.25) is 0 Å². The van der Waals surface area contributed by atoms with Gasteiger partial charge >= 0.3 is 13.1 Å². The van der Waals surface area contributed by atoms with E-state index in [4.69, 9.17) is 9.31 Å². The molecule has 0 spiro atoms. The molecule has 0 aliphatic carbocycles. The van der Waals surface area contributed by atoms with Gasteiger partial charge in [0, 0.05) is 11.4 Å². The minimum absolute atomic E-state index is 0.209. The third-order valence-corrected chi connectivity index (χ3v) is 4.90. The molecule has 1 aromatic rings. The number of hydrogen-bond acceptors (Lipinski definition) is 4. The predicted octanol–water partition coefficient (Wildman–Crippen LogP) is 3.55. The van der Waals surface area contributed by atoms with Gasteiger partial charge in [0.1, 0.15) is 11.6 Å². The smallest absolute Gasteiger partial charge is 0.466 e. The average molecular weight is 340 g/mol. The fourth-order valence-electron chi connectivity index (χ4n) is 2.67. The van der Waals surface area contributed by atoms with Gasteiger partial charge in [-0.2, -0.15) is 0 Å². The number of hydrogen-bond donors (Lipinski definition) is 0. The normalized spacial score (nSPS) is 20.1. The highest BCUT2D eigenvalue weighted by atomic mass is 19.1. The van der Waals surface area contributed by atoms with Crippen LogP contribution in [0.5, 0.6) is 0 Å². The lowest BCUT2D eigenvalue weighted by atomic mass is 9.65. The van der Waals surface area contributed by atoms with Gasteiger partial charge in [-0.25, -0.2) is 8.78 Å². The van der Waals surface area contributed by atoms with Crippen molar-refractivity contribution in [1.82, 2.24) is 0 Å². The standard InChI is InChI=1S/C17H23BF2O4/c1-10-7-8-12(19)14(15(10)20)11(9-13(21)22-6)18-23-16(2,3)17(4,5)24-18/h7-8,11H,9H2,1-6H3. The van der Waals surface area contributed by atoms with Crippen molar-refractivity contribution in [3.8, 4) is 0 Å². The number of methoxy groups -OCH3 is 1. The molecule has 0 aromatic heterocycles. The first-order valence-corrected chi connectivity index (χ1v) is 7.87. The molecule has 0 N–H and O–H groups in total. The first-order valence-electron chi connectivity index (χ1n) is 7.87. The lowest BCUT2D eigenvalue weighted by Gasteiger charge is -2.32. The van der Waals surface area contributed by atoms with E-state index in [9.17, 15) is 13.6 Å². The summed E-state index contributed by atoms with van der Waals surface area (Å²) in [4.78, 5) is 11.8. The second-order valence-electron chi connectivity index (χ2n) is 7.10. The van der Waals surface area contributed by atoms with Gasteiger partial charge in [-0.15, -0.1) is 0 Å². The summed E-state index contributed by atoms with van der Waals surface area (Å²) in [6, 6.07) is 2.54. The predicted molar refractivity (Wildman–Crippen MR) is 86.6 cm³/mol. The summed E-state index contributed by atoms with van der Waals surface area (Å²) in [7, 11) is 0.270. The number of aryl methyl sites for hydroxylation is 1. The van der Waals surface area contributed by atoms with E-state index in [1.54, 1.807) is 0 Å². The zero-order valence-corrected chi connectivity index (χ0v) is 14.9. The topological polar surface area (TPSA) is 44.8 Å². The molecule has 0 radical (unpaired) electrons. The van der Waals surface area contributed by atoms with Crippen LogP contribution in [-0.2, 0) is 18.8 Å². The molecule has 7 heteroatoms. The lowest BCUT2D eigenvalue weighted by Crippen LogP contribution is -2.41. The highest BCUT2D eigenvalue weighted by Crippen LogP contribution is 2.43. The molecule has 2 rings (SSSR count). The number of carbonyl (C=O) groups is 1. The maximum absolute atomic E-state index is 14.6. The fraction of sp³-hybridized carbons (Fsp3) is 0.588. The largest absolute Gasteiger partial charge is 0.469 e. The second-order valence-corrected chi connectivity index (χ2v) is 7.10. The van der Waals surface area contributed by atoms with Crippen LogP contribution < -0.4 is 0 Å². The van der Waals surface area contributed by atoms with Crippen LogP contribution in [0.25, 0.3) is 0 Å². The van der Waals surface area contributed by atoms with E-state index < -0.39 is 41.7 Å². The van der Waals surface area contributed by atoms with E-state index in [1.807, 2.05) is 27.7 Å². The Bertz CT molecular complexity index is 630. The monoisotopic (exact) mass is 340 g/mol.